The lowest BCUT2D eigenvalue weighted by Gasteiger charge is -2.40. The molecule has 1 N–H and O–H groups in total. The topological polar surface area (TPSA) is 23.5 Å². The van der Waals surface area contributed by atoms with Crippen LogP contribution < -0.4 is 0 Å². The van der Waals surface area contributed by atoms with Gasteiger partial charge in [0.25, 0.3) is 0 Å². The van der Waals surface area contributed by atoms with Crippen molar-refractivity contribution in [2.75, 3.05) is 13.6 Å². The van der Waals surface area contributed by atoms with Crippen molar-refractivity contribution in [1.82, 2.24) is 4.90 Å². The summed E-state index contributed by atoms with van der Waals surface area (Å²) in [4.78, 5) is 2.29. The standard InChI is InChI=1S/C10H19NO/c1-4-5-10(12)6-7-11(3)9(2)8-10/h4,9,12H,1,5-8H2,2-3H3. The summed E-state index contributed by atoms with van der Waals surface area (Å²) >= 11 is 0. The minimum absolute atomic E-state index is 0.478. The third kappa shape index (κ3) is 2.08. The van der Waals surface area contributed by atoms with Gasteiger partial charge in [-0.1, -0.05) is 6.08 Å². The van der Waals surface area contributed by atoms with Crippen LogP contribution in [0.5, 0.6) is 0 Å². The number of aliphatic hydroxyl groups is 1. The largest absolute Gasteiger partial charge is 0.389 e. The van der Waals surface area contributed by atoms with Crippen molar-refractivity contribution in [2.45, 2.75) is 37.8 Å². The van der Waals surface area contributed by atoms with E-state index in [4.69, 9.17) is 0 Å². The third-order valence-corrected chi connectivity index (χ3v) is 2.88. The molecule has 0 radical (unpaired) electrons. The van der Waals surface area contributed by atoms with Gasteiger partial charge in [-0.2, -0.15) is 0 Å². The summed E-state index contributed by atoms with van der Waals surface area (Å²) in [7, 11) is 2.11. The van der Waals surface area contributed by atoms with E-state index in [1.807, 2.05) is 6.08 Å². The molecule has 2 heteroatoms. The molecule has 1 rings (SSSR count). The molecule has 0 aliphatic carbocycles. The molecule has 1 aliphatic heterocycles. The zero-order valence-electron chi connectivity index (χ0n) is 8.08. The maximum atomic E-state index is 10.1. The third-order valence-electron chi connectivity index (χ3n) is 2.88. The highest BCUT2D eigenvalue weighted by atomic mass is 16.3. The maximum absolute atomic E-state index is 10.1. The maximum Gasteiger partial charge on any atom is 0.0708 e. The van der Waals surface area contributed by atoms with Gasteiger partial charge in [-0.15, -0.1) is 6.58 Å². The molecule has 0 aromatic carbocycles. The van der Waals surface area contributed by atoms with Gasteiger partial charge in [0.2, 0.25) is 0 Å². The first kappa shape index (κ1) is 9.75. The van der Waals surface area contributed by atoms with E-state index in [-0.39, 0.29) is 0 Å². The molecule has 0 bridgehead atoms. The molecule has 1 heterocycles. The Labute approximate surface area is 74.9 Å². The molecule has 2 nitrogen and oxygen atoms in total. The number of hydrogen-bond donors (Lipinski definition) is 1. The molecule has 2 unspecified atom stereocenters. The minimum Gasteiger partial charge on any atom is -0.389 e. The predicted molar refractivity (Wildman–Crippen MR) is 51.1 cm³/mol. The summed E-state index contributed by atoms with van der Waals surface area (Å²) < 4.78 is 0. The molecule has 1 fully saturated rings. The fourth-order valence-electron chi connectivity index (χ4n) is 1.87. The minimum atomic E-state index is -0.478. The molecule has 0 amide bonds. The Morgan fingerprint density at radius 2 is 2.42 bits per heavy atom. The van der Waals surface area contributed by atoms with Crippen molar-refractivity contribution in [1.29, 1.82) is 0 Å². The lowest BCUT2D eigenvalue weighted by molar-refractivity contribution is -0.0333. The van der Waals surface area contributed by atoms with Crippen LogP contribution in [0.1, 0.15) is 26.2 Å². The van der Waals surface area contributed by atoms with E-state index in [1.165, 1.54) is 0 Å². The fraction of sp³-hybridized carbons (Fsp3) is 0.800. The van der Waals surface area contributed by atoms with E-state index in [0.717, 1.165) is 25.8 Å². The molecule has 0 aromatic rings. The molecular formula is C10H19NO. The van der Waals surface area contributed by atoms with Gasteiger partial charge in [0, 0.05) is 12.6 Å². The molecule has 70 valence electrons. The number of hydrogen-bond acceptors (Lipinski definition) is 2. The fourth-order valence-corrected chi connectivity index (χ4v) is 1.87. The second kappa shape index (κ2) is 3.58. The van der Waals surface area contributed by atoms with Gasteiger partial charge in [-0.3, -0.25) is 0 Å². The van der Waals surface area contributed by atoms with Gasteiger partial charge in [0.15, 0.2) is 0 Å². The summed E-state index contributed by atoms with van der Waals surface area (Å²) in [6.07, 6.45) is 4.29. The van der Waals surface area contributed by atoms with E-state index in [9.17, 15) is 5.11 Å². The van der Waals surface area contributed by atoms with Gasteiger partial charge in [0.1, 0.15) is 0 Å². The Bertz CT molecular complexity index is 169. The van der Waals surface area contributed by atoms with E-state index in [1.54, 1.807) is 0 Å². The van der Waals surface area contributed by atoms with E-state index < -0.39 is 5.60 Å². The van der Waals surface area contributed by atoms with Gasteiger partial charge < -0.3 is 10.0 Å². The Balaban J connectivity index is 2.53. The molecule has 12 heavy (non-hydrogen) atoms. The van der Waals surface area contributed by atoms with Crippen molar-refractivity contribution in [3.63, 3.8) is 0 Å². The molecular weight excluding hydrogens is 150 g/mol. The van der Waals surface area contributed by atoms with E-state index in [0.29, 0.717) is 6.04 Å². The van der Waals surface area contributed by atoms with Crippen molar-refractivity contribution in [2.24, 2.45) is 0 Å². The lowest BCUT2D eigenvalue weighted by Crippen LogP contribution is -2.47. The number of nitrogens with zero attached hydrogens (tertiary/aromatic N) is 1. The van der Waals surface area contributed by atoms with Gasteiger partial charge in [-0.05, 0) is 33.2 Å². The van der Waals surface area contributed by atoms with Crippen molar-refractivity contribution in [3.05, 3.63) is 12.7 Å². The highest BCUT2D eigenvalue weighted by molar-refractivity contribution is 4.93. The summed E-state index contributed by atoms with van der Waals surface area (Å²) in [5, 5.41) is 10.1. The van der Waals surface area contributed by atoms with Crippen molar-refractivity contribution in [3.8, 4) is 0 Å². The van der Waals surface area contributed by atoms with Crippen LogP contribution in [0, 0.1) is 0 Å². The van der Waals surface area contributed by atoms with Crippen molar-refractivity contribution >= 4 is 0 Å². The molecule has 1 aliphatic rings. The van der Waals surface area contributed by atoms with Crippen LogP contribution in [0.3, 0.4) is 0 Å². The highest BCUT2D eigenvalue weighted by Gasteiger charge is 2.33. The van der Waals surface area contributed by atoms with E-state index >= 15 is 0 Å². The number of rotatable bonds is 2. The lowest BCUT2D eigenvalue weighted by atomic mass is 9.85. The first-order valence-electron chi connectivity index (χ1n) is 4.61. The van der Waals surface area contributed by atoms with Crippen molar-refractivity contribution < 1.29 is 5.11 Å². The van der Waals surface area contributed by atoms with Crippen LogP contribution in [0.25, 0.3) is 0 Å². The van der Waals surface area contributed by atoms with Gasteiger partial charge >= 0.3 is 0 Å². The molecule has 2 atom stereocenters. The summed E-state index contributed by atoms with van der Waals surface area (Å²) in [5.41, 5.74) is -0.478. The number of piperidine rings is 1. The monoisotopic (exact) mass is 169 g/mol. The summed E-state index contributed by atoms with van der Waals surface area (Å²) in [6.45, 7) is 6.82. The first-order chi connectivity index (χ1) is 5.57. The van der Waals surface area contributed by atoms with Crippen LogP contribution in [-0.4, -0.2) is 35.2 Å². The average Bonchev–Trinajstić information content (AvgIpc) is 1.98. The summed E-state index contributed by atoms with van der Waals surface area (Å²) in [5.74, 6) is 0. The average molecular weight is 169 g/mol. The van der Waals surface area contributed by atoms with E-state index in [2.05, 4.69) is 25.5 Å². The molecule has 0 aromatic heterocycles. The van der Waals surface area contributed by atoms with Crippen LogP contribution in [-0.2, 0) is 0 Å². The second-order valence-corrected chi connectivity index (χ2v) is 4.00. The summed E-state index contributed by atoms with van der Waals surface area (Å²) in [6, 6.07) is 0.490. The van der Waals surface area contributed by atoms with Crippen LogP contribution >= 0.6 is 0 Å². The van der Waals surface area contributed by atoms with Crippen LogP contribution in [0.4, 0.5) is 0 Å². The Morgan fingerprint density at radius 1 is 1.75 bits per heavy atom. The molecule has 0 saturated carbocycles. The van der Waals surface area contributed by atoms with Gasteiger partial charge in [-0.25, -0.2) is 0 Å². The first-order valence-corrected chi connectivity index (χ1v) is 4.61. The predicted octanol–water partition coefficient (Wildman–Crippen LogP) is 1.41. The Morgan fingerprint density at radius 3 is 2.92 bits per heavy atom. The number of likely N-dealkylation sites (tertiary alicyclic amines) is 1. The normalized spacial score (nSPS) is 38.1. The zero-order valence-corrected chi connectivity index (χ0v) is 8.08. The zero-order chi connectivity index (χ0) is 9.19. The SMILES string of the molecule is C=CCC1(O)CCN(C)C(C)C1. The molecule has 0 spiro atoms. The van der Waals surface area contributed by atoms with Gasteiger partial charge in [0.05, 0.1) is 5.60 Å². The molecule has 1 saturated heterocycles. The Hall–Kier alpha value is -0.340. The second-order valence-electron chi connectivity index (χ2n) is 4.00. The van der Waals surface area contributed by atoms with Crippen LogP contribution in [0.15, 0.2) is 12.7 Å². The quantitative estimate of drug-likeness (QED) is 0.632. The smallest absolute Gasteiger partial charge is 0.0708 e. The highest BCUT2D eigenvalue weighted by Crippen LogP contribution is 2.28. The Kier molecular flexibility index (Phi) is 2.91. The van der Waals surface area contributed by atoms with Crippen LogP contribution in [0.2, 0.25) is 0 Å².